The van der Waals surface area contributed by atoms with Crippen molar-refractivity contribution in [3.05, 3.63) is 70.4 Å². The van der Waals surface area contributed by atoms with Crippen LogP contribution in [-0.2, 0) is 0 Å². The van der Waals surface area contributed by atoms with Crippen molar-refractivity contribution in [1.29, 1.82) is 0 Å². The number of H-pyrrole nitrogens is 1. The number of aromatic amines is 1. The van der Waals surface area contributed by atoms with Gasteiger partial charge in [-0.3, -0.25) is 9.78 Å². The maximum atomic E-state index is 11.9. The van der Waals surface area contributed by atoms with Crippen LogP contribution in [0.25, 0.3) is 23.2 Å². The summed E-state index contributed by atoms with van der Waals surface area (Å²) in [6.45, 7) is 0. The number of fused-ring (bicyclic) bond motifs is 1. The second-order valence-electron chi connectivity index (χ2n) is 4.06. The Hall–Kier alpha value is -2.75. The molecule has 0 unspecified atom stereocenters. The molecule has 0 amide bonds. The topological polar surface area (TPSA) is 58.6 Å². The van der Waals surface area contributed by atoms with Gasteiger partial charge in [0.15, 0.2) is 0 Å². The number of rotatable bonds is 2. The number of benzene rings is 1. The van der Waals surface area contributed by atoms with Gasteiger partial charge in [0.1, 0.15) is 5.69 Å². The molecule has 0 aliphatic rings. The van der Waals surface area contributed by atoms with Crippen LogP contribution in [0.4, 0.5) is 0 Å². The number of pyridine rings is 1. The molecule has 0 aliphatic carbocycles. The number of hydrogen-bond acceptors (Lipinski definition) is 3. The highest BCUT2D eigenvalue weighted by Gasteiger charge is 2.00. The van der Waals surface area contributed by atoms with Gasteiger partial charge in [-0.1, -0.05) is 18.2 Å². The van der Waals surface area contributed by atoms with Crippen molar-refractivity contribution in [1.82, 2.24) is 15.0 Å². The lowest BCUT2D eigenvalue weighted by Crippen LogP contribution is -2.11. The molecule has 0 fully saturated rings. The Bertz CT molecular complexity index is 791. The normalized spacial score (nSPS) is 11.2. The van der Waals surface area contributed by atoms with Crippen molar-refractivity contribution < 1.29 is 0 Å². The predicted molar refractivity (Wildman–Crippen MR) is 75.5 cm³/mol. The lowest BCUT2D eigenvalue weighted by molar-refractivity contribution is 1.19. The molecule has 0 saturated carbocycles. The Balaban J connectivity index is 2.04. The van der Waals surface area contributed by atoms with E-state index in [9.17, 15) is 4.79 Å². The van der Waals surface area contributed by atoms with Crippen LogP contribution in [0.5, 0.6) is 0 Å². The van der Waals surface area contributed by atoms with E-state index in [1.165, 1.54) is 0 Å². The maximum absolute atomic E-state index is 11.9. The minimum atomic E-state index is -0.203. The molecular weight excluding hydrogens is 238 g/mol. The summed E-state index contributed by atoms with van der Waals surface area (Å²) in [5.74, 6) is 0. The van der Waals surface area contributed by atoms with E-state index in [-0.39, 0.29) is 5.56 Å². The van der Waals surface area contributed by atoms with Crippen LogP contribution in [0.3, 0.4) is 0 Å². The van der Waals surface area contributed by atoms with E-state index >= 15 is 0 Å². The monoisotopic (exact) mass is 249 g/mol. The predicted octanol–water partition coefficient (Wildman–Crippen LogP) is 2.49. The van der Waals surface area contributed by atoms with Crippen LogP contribution >= 0.6 is 0 Å². The van der Waals surface area contributed by atoms with Crippen LogP contribution in [0.2, 0.25) is 0 Å². The zero-order valence-corrected chi connectivity index (χ0v) is 10.1. The van der Waals surface area contributed by atoms with Gasteiger partial charge in [0.25, 0.3) is 5.56 Å². The summed E-state index contributed by atoms with van der Waals surface area (Å²) in [7, 11) is 0. The van der Waals surface area contributed by atoms with Gasteiger partial charge in [0.05, 0.1) is 16.7 Å². The Morgan fingerprint density at radius 2 is 1.84 bits per heavy atom. The summed E-state index contributed by atoms with van der Waals surface area (Å²) < 4.78 is 0. The van der Waals surface area contributed by atoms with Gasteiger partial charge in [-0.05, 0) is 36.4 Å². The number of hydrogen-bond donors (Lipinski definition) is 1. The first kappa shape index (κ1) is 11.3. The second-order valence-corrected chi connectivity index (χ2v) is 4.06. The molecule has 0 atom stereocenters. The Morgan fingerprint density at radius 1 is 1.00 bits per heavy atom. The quantitative estimate of drug-likeness (QED) is 0.759. The van der Waals surface area contributed by atoms with Crippen molar-refractivity contribution >= 4 is 23.2 Å². The molecule has 0 aliphatic heterocycles. The van der Waals surface area contributed by atoms with Crippen LogP contribution in [0.1, 0.15) is 11.4 Å². The summed E-state index contributed by atoms with van der Waals surface area (Å²) in [4.78, 5) is 23.2. The SMILES string of the molecule is O=c1[nH]c2ccccc2nc1C=Cc1ccccn1. The summed E-state index contributed by atoms with van der Waals surface area (Å²) in [5.41, 5.74) is 2.47. The molecule has 4 nitrogen and oxygen atoms in total. The van der Waals surface area contributed by atoms with Gasteiger partial charge in [-0.15, -0.1) is 0 Å². The molecular formula is C15H11N3O. The smallest absolute Gasteiger partial charge is 0.274 e. The maximum Gasteiger partial charge on any atom is 0.274 e. The van der Waals surface area contributed by atoms with E-state index in [0.29, 0.717) is 5.69 Å². The molecule has 2 aromatic heterocycles. The lowest BCUT2D eigenvalue weighted by Gasteiger charge is -1.98. The molecule has 3 aromatic rings. The second kappa shape index (κ2) is 4.86. The van der Waals surface area contributed by atoms with Crippen molar-refractivity contribution in [2.75, 3.05) is 0 Å². The molecule has 1 N–H and O–H groups in total. The first-order chi connectivity index (χ1) is 9.33. The molecule has 2 heterocycles. The van der Waals surface area contributed by atoms with Gasteiger partial charge in [0.2, 0.25) is 0 Å². The van der Waals surface area contributed by atoms with Gasteiger partial charge >= 0.3 is 0 Å². The molecule has 4 heteroatoms. The van der Waals surface area contributed by atoms with Crippen molar-refractivity contribution in [3.8, 4) is 0 Å². The molecule has 0 bridgehead atoms. The fourth-order valence-electron chi connectivity index (χ4n) is 1.80. The van der Waals surface area contributed by atoms with Gasteiger partial charge in [0, 0.05) is 6.20 Å². The molecule has 0 saturated heterocycles. The van der Waals surface area contributed by atoms with Crippen molar-refractivity contribution in [3.63, 3.8) is 0 Å². The minimum Gasteiger partial charge on any atom is -0.319 e. The standard InChI is InChI=1S/C15H11N3O/c19-15-14(9-8-11-5-3-4-10-16-11)17-12-6-1-2-7-13(12)18-15/h1-10H,(H,18,19). The molecule has 19 heavy (non-hydrogen) atoms. The average molecular weight is 249 g/mol. The molecule has 0 spiro atoms. The lowest BCUT2D eigenvalue weighted by atomic mass is 10.2. The van der Waals surface area contributed by atoms with E-state index in [0.717, 1.165) is 16.7 Å². The van der Waals surface area contributed by atoms with E-state index in [2.05, 4.69) is 15.0 Å². The van der Waals surface area contributed by atoms with E-state index < -0.39 is 0 Å². The number of nitrogens with one attached hydrogen (secondary N) is 1. The van der Waals surface area contributed by atoms with Crippen molar-refractivity contribution in [2.24, 2.45) is 0 Å². The molecule has 92 valence electrons. The Morgan fingerprint density at radius 3 is 2.68 bits per heavy atom. The average Bonchev–Trinajstić information content (AvgIpc) is 2.46. The van der Waals surface area contributed by atoms with Gasteiger partial charge in [-0.2, -0.15) is 0 Å². The van der Waals surface area contributed by atoms with Gasteiger partial charge in [-0.25, -0.2) is 4.98 Å². The number of para-hydroxylation sites is 2. The van der Waals surface area contributed by atoms with E-state index in [1.807, 2.05) is 42.5 Å². The zero-order valence-electron chi connectivity index (χ0n) is 10.1. The van der Waals surface area contributed by atoms with E-state index in [4.69, 9.17) is 0 Å². The Labute approximate surface area is 109 Å². The van der Waals surface area contributed by atoms with Crippen LogP contribution < -0.4 is 5.56 Å². The highest BCUT2D eigenvalue weighted by Crippen LogP contribution is 2.07. The first-order valence-corrected chi connectivity index (χ1v) is 5.91. The summed E-state index contributed by atoms with van der Waals surface area (Å²) in [5, 5.41) is 0. The van der Waals surface area contributed by atoms with E-state index in [1.54, 1.807) is 18.3 Å². The third kappa shape index (κ3) is 2.42. The largest absolute Gasteiger partial charge is 0.319 e. The summed E-state index contributed by atoms with van der Waals surface area (Å²) in [6, 6.07) is 13.1. The first-order valence-electron chi connectivity index (χ1n) is 5.91. The molecule has 0 radical (unpaired) electrons. The highest BCUT2D eigenvalue weighted by molar-refractivity contribution is 5.76. The third-order valence-corrected chi connectivity index (χ3v) is 2.73. The fraction of sp³-hybridized carbons (Fsp3) is 0. The zero-order chi connectivity index (χ0) is 13.1. The third-order valence-electron chi connectivity index (χ3n) is 2.73. The Kier molecular flexibility index (Phi) is 2.90. The fourth-order valence-corrected chi connectivity index (χ4v) is 1.80. The van der Waals surface area contributed by atoms with Gasteiger partial charge < -0.3 is 4.98 Å². The molecule has 1 aromatic carbocycles. The highest BCUT2D eigenvalue weighted by atomic mass is 16.1. The summed E-state index contributed by atoms with van der Waals surface area (Å²) >= 11 is 0. The van der Waals surface area contributed by atoms with Crippen molar-refractivity contribution in [2.45, 2.75) is 0 Å². The minimum absolute atomic E-state index is 0.203. The molecule has 3 rings (SSSR count). The van der Waals surface area contributed by atoms with Crippen LogP contribution in [-0.4, -0.2) is 15.0 Å². The van der Waals surface area contributed by atoms with Crippen LogP contribution in [0, 0.1) is 0 Å². The number of aromatic nitrogens is 3. The van der Waals surface area contributed by atoms with Crippen LogP contribution in [0.15, 0.2) is 53.5 Å². The number of nitrogens with zero attached hydrogens (tertiary/aromatic N) is 2. The summed E-state index contributed by atoms with van der Waals surface area (Å²) in [6.07, 6.45) is 5.15.